The van der Waals surface area contributed by atoms with Crippen molar-refractivity contribution < 1.29 is 23.8 Å². The summed E-state index contributed by atoms with van der Waals surface area (Å²) in [5, 5.41) is 3.31. The molecule has 0 bridgehead atoms. The van der Waals surface area contributed by atoms with E-state index in [9.17, 15) is 9.59 Å². The fourth-order valence-corrected chi connectivity index (χ4v) is 4.68. The molecular formula is C21H20ClN5O5S. The van der Waals surface area contributed by atoms with Crippen molar-refractivity contribution in [1.29, 1.82) is 0 Å². The number of carbonyl (C=O) groups is 2. The topological polar surface area (TPSA) is 117 Å². The Labute approximate surface area is 198 Å². The standard InChI is InChI=1S/C21H20ClN5O5S/c1-5-13-17(30-11(3)28)18(31-12(4)29)21(32-13)27-9-25-16-19(23-8-24-20(16)27)26-10(2)14-6-7-15(22)33-14/h1,6-10,13,17-18,21H,2-4H3,(H,23,24,26)/t10?,13-,17-,18-,21-/m1/s1. The second-order valence-corrected chi connectivity index (χ2v) is 9.06. The first kappa shape index (κ1) is 23.0. The molecule has 1 N–H and O–H groups in total. The van der Waals surface area contributed by atoms with Crippen LogP contribution in [-0.4, -0.2) is 49.8 Å². The molecule has 1 saturated heterocycles. The van der Waals surface area contributed by atoms with E-state index >= 15 is 0 Å². The molecule has 0 aromatic carbocycles. The SMILES string of the molecule is C#C[C@H]1O[C@@H](n2cnc3c(NC(C)c4ccc(Cl)s4)ncnc32)[C@H](OC(C)=O)[C@@H]1OC(C)=O. The molecule has 0 saturated carbocycles. The van der Waals surface area contributed by atoms with E-state index in [1.165, 1.54) is 37.8 Å². The molecule has 1 aliphatic heterocycles. The summed E-state index contributed by atoms with van der Waals surface area (Å²) in [7, 11) is 0. The van der Waals surface area contributed by atoms with Crippen molar-refractivity contribution in [3.8, 4) is 12.3 Å². The maximum Gasteiger partial charge on any atom is 0.303 e. The van der Waals surface area contributed by atoms with Gasteiger partial charge in [0.15, 0.2) is 41.5 Å². The van der Waals surface area contributed by atoms with Crippen molar-refractivity contribution in [3.63, 3.8) is 0 Å². The van der Waals surface area contributed by atoms with Gasteiger partial charge in [0, 0.05) is 18.7 Å². The number of carbonyl (C=O) groups excluding carboxylic acids is 2. The summed E-state index contributed by atoms with van der Waals surface area (Å²) in [5.74, 6) is 1.79. The molecule has 3 aromatic rings. The zero-order chi connectivity index (χ0) is 23.7. The number of aromatic nitrogens is 4. The first-order valence-corrected chi connectivity index (χ1v) is 11.1. The first-order valence-electron chi connectivity index (χ1n) is 9.93. The van der Waals surface area contributed by atoms with E-state index in [-0.39, 0.29) is 6.04 Å². The van der Waals surface area contributed by atoms with Crippen molar-refractivity contribution in [1.82, 2.24) is 19.5 Å². The van der Waals surface area contributed by atoms with Gasteiger partial charge in [-0.25, -0.2) is 15.0 Å². The number of anilines is 1. The molecule has 4 rings (SSSR count). The van der Waals surface area contributed by atoms with E-state index in [2.05, 4.69) is 26.2 Å². The molecule has 0 radical (unpaired) electrons. The summed E-state index contributed by atoms with van der Waals surface area (Å²) < 4.78 is 19.0. The highest BCUT2D eigenvalue weighted by Gasteiger charge is 2.50. The third-order valence-corrected chi connectivity index (χ3v) is 6.38. The van der Waals surface area contributed by atoms with Gasteiger partial charge in [-0.05, 0) is 19.1 Å². The van der Waals surface area contributed by atoms with E-state index in [1.54, 1.807) is 4.57 Å². The van der Waals surface area contributed by atoms with Crippen LogP contribution in [0.2, 0.25) is 4.34 Å². The predicted molar refractivity (Wildman–Crippen MR) is 121 cm³/mol. The molecule has 3 aromatic heterocycles. The summed E-state index contributed by atoms with van der Waals surface area (Å²) >= 11 is 7.51. The van der Waals surface area contributed by atoms with Crippen LogP contribution < -0.4 is 5.32 Å². The quantitative estimate of drug-likeness (QED) is 0.411. The molecule has 33 heavy (non-hydrogen) atoms. The second-order valence-electron chi connectivity index (χ2n) is 7.32. The maximum atomic E-state index is 11.8. The van der Waals surface area contributed by atoms with Gasteiger partial charge in [-0.1, -0.05) is 17.5 Å². The van der Waals surface area contributed by atoms with Crippen LogP contribution in [0.5, 0.6) is 0 Å². The number of hydrogen-bond donors (Lipinski definition) is 1. The molecule has 1 unspecified atom stereocenters. The third-order valence-electron chi connectivity index (χ3n) is 4.96. The Kier molecular flexibility index (Phi) is 6.51. The van der Waals surface area contributed by atoms with E-state index in [1.807, 2.05) is 19.1 Å². The van der Waals surface area contributed by atoms with Gasteiger partial charge in [0.2, 0.25) is 0 Å². The van der Waals surface area contributed by atoms with Crippen molar-refractivity contribution in [2.45, 2.75) is 51.4 Å². The zero-order valence-corrected chi connectivity index (χ0v) is 19.5. The van der Waals surface area contributed by atoms with Crippen LogP contribution in [0.1, 0.15) is 37.9 Å². The average Bonchev–Trinajstić information content (AvgIpc) is 3.46. The summed E-state index contributed by atoms with van der Waals surface area (Å²) in [6, 6.07) is 3.69. The maximum absolute atomic E-state index is 11.8. The monoisotopic (exact) mass is 489 g/mol. The second kappa shape index (κ2) is 9.35. The van der Waals surface area contributed by atoms with Crippen LogP contribution >= 0.6 is 22.9 Å². The van der Waals surface area contributed by atoms with Crippen molar-refractivity contribution >= 4 is 51.9 Å². The Morgan fingerprint density at radius 3 is 2.61 bits per heavy atom. The van der Waals surface area contributed by atoms with Gasteiger partial charge >= 0.3 is 11.9 Å². The molecule has 1 aliphatic rings. The van der Waals surface area contributed by atoms with Crippen molar-refractivity contribution in [2.24, 2.45) is 0 Å². The van der Waals surface area contributed by atoms with Gasteiger partial charge in [-0.2, -0.15) is 0 Å². The number of terminal acetylenes is 1. The van der Waals surface area contributed by atoms with Crippen LogP contribution in [-0.2, 0) is 23.8 Å². The van der Waals surface area contributed by atoms with Crippen molar-refractivity contribution in [3.05, 3.63) is 34.0 Å². The Bertz CT molecular complexity index is 1240. The lowest BCUT2D eigenvalue weighted by molar-refractivity contribution is -0.165. The fourth-order valence-electron chi connectivity index (χ4n) is 3.62. The van der Waals surface area contributed by atoms with E-state index in [0.717, 1.165) is 4.88 Å². The highest BCUT2D eigenvalue weighted by molar-refractivity contribution is 7.16. The molecule has 0 amide bonds. The van der Waals surface area contributed by atoms with Gasteiger partial charge in [0.1, 0.15) is 6.33 Å². The van der Waals surface area contributed by atoms with Gasteiger partial charge < -0.3 is 19.5 Å². The Hall–Kier alpha value is -3.20. The number of nitrogens with zero attached hydrogens (tertiary/aromatic N) is 4. The van der Waals surface area contributed by atoms with Crippen LogP contribution in [0.15, 0.2) is 24.8 Å². The van der Waals surface area contributed by atoms with Gasteiger partial charge in [0.05, 0.1) is 16.7 Å². The van der Waals surface area contributed by atoms with Crippen LogP contribution in [0.4, 0.5) is 5.82 Å². The lowest BCUT2D eigenvalue weighted by Crippen LogP contribution is -2.38. The van der Waals surface area contributed by atoms with E-state index in [0.29, 0.717) is 21.3 Å². The lowest BCUT2D eigenvalue weighted by Gasteiger charge is -2.23. The predicted octanol–water partition coefficient (Wildman–Crippen LogP) is 3.11. The van der Waals surface area contributed by atoms with Gasteiger partial charge in [-0.3, -0.25) is 14.2 Å². The first-order chi connectivity index (χ1) is 15.8. The molecule has 0 aliphatic carbocycles. The number of ether oxygens (including phenoxy) is 3. The molecule has 5 atom stereocenters. The fraction of sp³-hybridized carbons (Fsp3) is 0.381. The zero-order valence-electron chi connectivity index (χ0n) is 17.9. The molecule has 12 heteroatoms. The lowest BCUT2D eigenvalue weighted by atomic mass is 10.1. The van der Waals surface area contributed by atoms with Crippen LogP contribution in [0, 0.1) is 12.3 Å². The molecule has 172 valence electrons. The minimum absolute atomic E-state index is 0.0820. The van der Waals surface area contributed by atoms with Crippen LogP contribution in [0.25, 0.3) is 11.2 Å². The van der Waals surface area contributed by atoms with Crippen molar-refractivity contribution in [2.75, 3.05) is 5.32 Å². The number of thiophene rings is 1. The highest BCUT2D eigenvalue weighted by Crippen LogP contribution is 2.36. The summed E-state index contributed by atoms with van der Waals surface area (Å²) in [4.78, 5) is 37.5. The number of fused-ring (bicyclic) bond motifs is 1. The number of hydrogen-bond acceptors (Lipinski definition) is 10. The Morgan fingerprint density at radius 2 is 1.97 bits per heavy atom. The van der Waals surface area contributed by atoms with Gasteiger partial charge in [-0.15, -0.1) is 17.8 Å². The Balaban J connectivity index is 1.69. The minimum Gasteiger partial charge on any atom is -0.455 e. The van der Waals surface area contributed by atoms with E-state index in [4.69, 9.17) is 32.2 Å². The number of imidazole rings is 1. The number of rotatable bonds is 6. The average molecular weight is 490 g/mol. The van der Waals surface area contributed by atoms with Crippen LogP contribution in [0.3, 0.4) is 0 Å². The van der Waals surface area contributed by atoms with E-state index < -0.39 is 36.5 Å². The molecule has 4 heterocycles. The third kappa shape index (κ3) is 4.64. The minimum atomic E-state index is -0.997. The van der Waals surface area contributed by atoms with Gasteiger partial charge in [0.25, 0.3) is 0 Å². The molecular weight excluding hydrogens is 470 g/mol. The number of esters is 2. The number of halogens is 1. The normalized spacial score (nSPS) is 23.1. The number of nitrogens with one attached hydrogen (secondary N) is 1. The molecule has 10 nitrogen and oxygen atoms in total. The summed E-state index contributed by atoms with van der Waals surface area (Å²) in [5.41, 5.74) is 0.899. The smallest absolute Gasteiger partial charge is 0.303 e. The largest absolute Gasteiger partial charge is 0.455 e. The molecule has 1 fully saturated rings. The Morgan fingerprint density at radius 1 is 1.24 bits per heavy atom. The summed E-state index contributed by atoms with van der Waals surface area (Å²) in [6.45, 7) is 4.47. The highest BCUT2D eigenvalue weighted by atomic mass is 35.5. The molecule has 0 spiro atoms. The summed E-state index contributed by atoms with van der Waals surface area (Å²) in [6.07, 6.45) is 4.63.